The molecule has 3 aromatic carbocycles. The van der Waals surface area contributed by atoms with Crippen molar-refractivity contribution in [3.05, 3.63) is 84.7 Å². The zero-order valence-corrected chi connectivity index (χ0v) is 31.8. The molecule has 7 rings (SSSR count). The molecule has 5 aromatic rings. The summed E-state index contributed by atoms with van der Waals surface area (Å²) in [6.07, 6.45) is 6.11. The highest BCUT2D eigenvalue weighted by Gasteiger charge is 2.38. The van der Waals surface area contributed by atoms with Crippen molar-refractivity contribution in [3.63, 3.8) is 0 Å². The number of aromatic nitrogens is 4. The van der Waals surface area contributed by atoms with Crippen molar-refractivity contribution in [2.45, 2.75) is 84.0 Å². The highest BCUT2D eigenvalue weighted by Crippen LogP contribution is 2.38. The van der Waals surface area contributed by atoms with E-state index in [4.69, 9.17) is 19.4 Å². The number of likely N-dealkylation sites (tertiary alicyclic amines) is 2. The highest BCUT2D eigenvalue weighted by atomic mass is 16.6. The Kier molecular flexibility index (Phi) is 10.2. The maximum absolute atomic E-state index is 13.6. The first kappa shape index (κ1) is 36.7. The third-order valence-electron chi connectivity index (χ3n) is 10.4. The van der Waals surface area contributed by atoms with E-state index in [1.54, 1.807) is 4.90 Å². The summed E-state index contributed by atoms with van der Waals surface area (Å²) in [4.78, 5) is 58.6. The maximum Gasteiger partial charge on any atom is 0.410 e. The number of amides is 3. The van der Waals surface area contributed by atoms with Gasteiger partial charge >= 0.3 is 12.2 Å². The molecular formula is C42H49N7O5. The van der Waals surface area contributed by atoms with Crippen LogP contribution >= 0.6 is 0 Å². The van der Waals surface area contributed by atoms with Crippen molar-refractivity contribution < 1.29 is 23.9 Å². The van der Waals surface area contributed by atoms with Crippen LogP contribution in [0, 0.1) is 5.92 Å². The number of rotatable bonds is 8. The molecule has 0 unspecified atom stereocenters. The zero-order valence-electron chi connectivity index (χ0n) is 31.8. The van der Waals surface area contributed by atoms with Gasteiger partial charge in [0.15, 0.2) is 0 Å². The Hall–Kier alpha value is -5.65. The summed E-state index contributed by atoms with van der Waals surface area (Å²) in [5.74, 6) is 1.26. The molecule has 54 heavy (non-hydrogen) atoms. The van der Waals surface area contributed by atoms with Crippen molar-refractivity contribution >= 4 is 28.9 Å². The topological polar surface area (TPSA) is 146 Å². The Balaban J connectivity index is 1.10. The normalized spacial score (nSPS) is 18.0. The minimum Gasteiger partial charge on any atom is -0.453 e. The third-order valence-corrected chi connectivity index (χ3v) is 10.4. The highest BCUT2D eigenvalue weighted by molar-refractivity contribution is 6.04. The number of carbonyl (C=O) groups is 3. The molecule has 4 heterocycles. The van der Waals surface area contributed by atoms with E-state index in [0.717, 1.165) is 81.7 Å². The summed E-state index contributed by atoms with van der Waals surface area (Å²) in [6, 6.07) is 20.0. The van der Waals surface area contributed by atoms with Crippen LogP contribution in [0.3, 0.4) is 0 Å². The van der Waals surface area contributed by atoms with Gasteiger partial charge in [-0.25, -0.2) is 19.6 Å². The number of aromatic amines is 2. The number of hydrogen-bond donors (Lipinski definition) is 3. The SMILES string of the molecule is COC(=O)N[C@H](C(=O)N1CCC[C@H]1c1ncc(-c2ccc(-c3ccc(-c4cnc([C@@H]5CCCN5C(=O)OC(C)(C)C)[nH]4)c4ccccc34)cc2)[nH]1)C(C)C. The molecule has 12 nitrogen and oxygen atoms in total. The van der Waals surface area contributed by atoms with Gasteiger partial charge in [0.25, 0.3) is 0 Å². The van der Waals surface area contributed by atoms with E-state index in [1.807, 2.05) is 58.0 Å². The Morgan fingerprint density at radius 3 is 1.96 bits per heavy atom. The molecule has 2 aromatic heterocycles. The Morgan fingerprint density at radius 2 is 1.33 bits per heavy atom. The van der Waals surface area contributed by atoms with Gasteiger partial charge in [-0.2, -0.15) is 0 Å². The number of H-pyrrole nitrogens is 2. The molecule has 0 spiro atoms. The first-order chi connectivity index (χ1) is 25.9. The Morgan fingerprint density at radius 1 is 0.778 bits per heavy atom. The molecule has 2 aliphatic heterocycles. The van der Waals surface area contributed by atoms with Crippen molar-refractivity contribution in [2.24, 2.45) is 5.92 Å². The average molecular weight is 732 g/mol. The minimum atomic E-state index is -0.684. The molecule has 2 aliphatic rings. The lowest BCUT2D eigenvalue weighted by Gasteiger charge is -2.30. The van der Waals surface area contributed by atoms with Crippen LogP contribution < -0.4 is 5.32 Å². The number of methoxy groups -OCH3 is 1. The fourth-order valence-electron chi connectivity index (χ4n) is 7.69. The van der Waals surface area contributed by atoms with E-state index >= 15 is 0 Å². The molecule has 2 saturated heterocycles. The second-order valence-corrected chi connectivity index (χ2v) is 15.5. The fourth-order valence-corrected chi connectivity index (χ4v) is 7.69. The molecule has 2 fully saturated rings. The summed E-state index contributed by atoms with van der Waals surface area (Å²) in [6.45, 7) is 10.7. The number of nitrogens with zero attached hydrogens (tertiary/aromatic N) is 4. The lowest BCUT2D eigenvalue weighted by Crippen LogP contribution is -2.51. The summed E-state index contributed by atoms with van der Waals surface area (Å²) in [5, 5.41) is 4.92. The van der Waals surface area contributed by atoms with Gasteiger partial charge in [-0.1, -0.05) is 74.5 Å². The van der Waals surface area contributed by atoms with Gasteiger partial charge in [0, 0.05) is 18.7 Å². The zero-order chi connectivity index (χ0) is 38.1. The smallest absolute Gasteiger partial charge is 0.410 e. The third kappa shape index (κ3) is 7.42. The van der Waals surface area contributed by atoms with Gasteiger partial charge in [0.05, 0.1) is 43.0 Å². The summed E-state index contributed by atoms with van der Waals surface area (Å²) < 4.78 is 10.5. The van der Waals surface area contributed by atoms with Crippen LogP contribution in [0.4, 0.5) is 9.59 Å². The Labute approximate surface area is 315 Å². The van der Waals surface area contributed by atoms with Crippen LogP contribution in [-0.4, -0.2) is 79.7 Å². The Bertz CT molecular complexity index is 2150. The lowest BCUT2D eigenvalue weighted by atomic mass is 9.93. The number of nitrogens with one attached hydrogen (secondary N) is 3. The van der Waals surface area contributed by atoms with Crippen LogP contribution in [0.2, 0.25) is 0 Å². The second-order valence-electron chi connectivity index (χ2n) is 15.5. The molecule has 0 radical (unpaired) electrons. The van der Waals surface area contributed by atoms with E-state index in [1.165, 1.54) is 7.11 Å². The second kappa shape index (κ2) is 15.0. The summed E-state index contributed by atoms with van der Waals surface area (Å²) in [7, 11) is 1.30. The van der Waals surface area contributed by atoms with E-state index in [2.05, 4.69) is 69.9 Å². The molecule has 3 N–H and O–H groups in total. The van der Waals surface area contributed by atoms with Crippen LogP contribution in [0.1, 0.15) is 84.0 Å². The molecule has 0 aliphatic carbocycles. The summed E-state index contributed by atoms with van der Waals surface area (Å²) >= 11 is 0. The van der Waals surface area contributed by atoms with Crippen LogP contribution in [0.5, 0.6) is 0 Å². The first-order valence-corrected chi connectivity index (χ1v) is 18.8. The van der Waals surface area contributed by atoms with Gasteiger partial charge in [0.2, 0.25) is 5.91 Å². The molecule has 3 amide bonds. The minimum absolute atomic E-state index is 0.101. The molecule has 12 heteroatoms. The predicted molar refractivity (Wildman–Crippen MR) is 207 cm³/mol. The van der Waals surface area contributed by atoms with Gasteiger partial charge in [0.1, 0.15) is 23.3 Å². The van der Waals surface area contributed by atoms with Crippen molar-refractivity contribution in [1.82, 2.24) is 35.1 Å². The number of imidazole rings is 2. The van der Waals surface area contributed by atoms with Crippen molar-refractivity contribution in [1.29, 1.82) is 0 Å². The van der Waals surface area contributed by atoms with Gasteiger partial charge in [-0.15, -0.1) is 0 Å². The number of fused-ring (bicyclic) bond motifs is 1. The van der Waals surface area contributed by atoms with Crippen LogP contribution in [-0.2, 0) is 14.3 Å². The molecule has 282 valence electrons. The van der Waals surface area contributed by atoms with Gasteiger partial charge < -0.3 is 29.7 Å². The van der Waals surface area contributed by atoms with E-state index in [9.17, 15) is 14.4 Å². The first-order valence-electron chi connectivity index (χ1n) is 18.8. The van der Waals surface area contributed by atoms with Crippen molar-refractivity contribution in [2.75, 3.05) is 20.2 Å². The number of hydrogen-bond acceptors (Lipinski definition) is 7. The standard InChI is InChI=1S/C42H49N7O5/c1-25(2)36(47-40(51)53-6)39(50)48-21-9-13-34(48)37-43-23-32(45-37)27-17-15-26(16-18-27)28-19-20-31(30-12-8-7-11-29(28)30)33-24-44-38(46-33)35-14-10-22-49(35)41(52)54-42(3,4)5/h7-8,11-12,15-20,23-25,34-36H,9-10,13-14,21-22H2,1-6H3,(H,43,45)(H,44,46)(H,47,51)/t34-,35-,36-/m0/s1. The van der Waals surface area contributed by atoms with E-state index in [-0.39, 0.29) is 30.0 Å². The monoisotopic (exact) mass is 731 g/mol. The molecule has 0 bridgehead atoms. The molecular weight excluding hydrogens is 683 g/mol. The quantitative estimate of drug-likeness (QED) is 0.145. The molecule has 0 saturated carbocycles. The summed E-state index contributed by atoms with van der Waals surface area (Å²) in [5.41, 5.74) is 5.42. The number of benzene rings is 3. The van der Waals surface area contributed by atoms with Crippen LogP contribution in [0.25, 0.3) is 44.4 Å². The van der Waals surface area contributed by atoms with Gasteiger partial charge in [-0.3, -0.25) is 9.69 Å². The predicted octanol–water partition coefficient (Wildman–Crippen LogP) is 8.40. The van der Waals surface area contributed by atoms with Crippen molar-refractivity contribution in [3.8, 4) is 33.6 Å². The number of alkyl carbamates (subject to hydrolysis) is 1. The largest absolute Gasteiger partial charge is 0.453 e. The fraction of sp³-hybridized carbons (Fsp3) is 0.405. The van der Waals surface area contributed by atoms with E-state index < -0.39 is 17.7 Å². The molecule has 3 atom stereocenters. The van der Waals surface area contributed by atoms with Crippen LogP contribution in [0.15, 0.2) is 73.1 Å². The number of ether oxygens (including phenoxy) is 2. The lowest BCUT2D eigenvalue weighted by molar-refractivity contribution is -0.135. The number of carbonyl (C=O) groups excluding carboxylic acids is 3. The average Bonchev–Trinajstić information content (AvgIpc) is 3.99. The maximum atomic E-state index is 13.6. The van der Waals surface area contributed by atoms with E-state index in [0.29, 0.717) is 13.1 Å². The van der Waals surface area contributed by atoms with Gasteiger partial charge in [-0.05, 0) is 79.8 Å².